The Morgan fingerprint density at radius 2 is 1.52 bits per heavy atom. The van der Waals surface area contributed by atoms with E-state index in [9.17, 15) is 14.7 Å². The van der Waals surface area contributed by atoms with Gasteiger partial charge in [-0.25, -0.2) is 9.97 Å². The molecule has 0 radical (unpaired) electrons. The number of rotatable bonds is 7. The van der Waals surface area contributed by atoms with E-state index < -0.39 is 11.9 Å². The van der Waals surface area contributed by atoms with Gasteiger partial charge in [-0.3, -0.25) is 9.59 Å². The summed E-state index contributed by atoms with van der Waals surface area (Å²) in [7, 11) is 0. The number of benzene rings is 1. The maximum atomic E-state index is 10.7. The van der Waals surface area contributed by atoms with Crippen LogP contribution in [0.2, 0.25) is 0 Å². The van der Waals surface area contributed by atoms with Crippen LogP contribution >= 0.6 is 23.5 Å². The minimum Gasteiger partial charge on any atom is -0.508 e. The number of nitrogens with zero attached hydrogens (tertiary/aromatic N) is 3. The van der Waals surface area contributed by atoms with Gasteiger partial charge in [-0.1, -0.05) is 35.7 Å². The average molecular weight is 353 g/mol. The SMILES string of the molecule is O=C(O)CSc1nc(SCC(=O)O)nc(-c2cccc(O)c2)n1. The van der Waals surface area contributed by atoms with Crippen LogP contribution < -0.4 is 0 Å². The molecule has 0 spiro atoms. The Morgan fingerprint density at radius 1 is 0.957 bits per heavy atom. The number of phenols is 1. The summed E-state index contributed by atoms with van der Waals surface area (Å²) in [6, 6.07) is 6.23. The number of phenolic OH excluding ortho intramolecular Hbond substituents is 1. The number of hydrogen-bond donors (Lipinski definition) is 3. The minimum absolute atomic E-state index is 0.0300. The summed E-state index contributed by atoms with van der Waals surface area (Å²) in [6.07, 6.45) is 0. The number of hydrogen-bond acceptors (Lipinski definition) is 8. The molecule has 0 atom stereocenters. The van der Waals surface area contributed by atoms with Crippen molar-refractivity contribution in [3.05, 3.63) is 24.3 Å². The molecule has 0 saturated carbocycles. The van der Waals surface area contributed by atoms with Crippen molar-refractivity contribution in [1.29, 1.82) is 0 Å². The van der Waals surface area contributed by atoms with Gasteiger partial charge in [-0.2, -0.15) is 4.98 Å². The highest BCUT2D eigenvalue weighted by atomic mass is 32.2. The standard InChI is InChI=1S/C13H11N3O5S2/c17-8-3-1-2-7(4-8)11-14-12(22-5-9(18)19)16-13(15-11)23-6-10(20)21/h1-4,17H,5-6H2,(H,18,19)(H,20,21). The highest BCUT2D eigenvalue weighted by molar-refractivity contribution is 8.00. The van der Waals surface area contributed by atoms with E-state index in [0.717, 1.165) is 23.5 Å². The molecule has 0 saturated heterocycles. The molecule has 0 aliphatic carbocycles. The Kier molecular flexibility index (Phi) is 5.77. The maximum Gasteiger partial charge on any atom is 0.313 e. The molecule has 1 heterocycles. The van der Waals surface area contributed by atoms with Crippen LogP contribution in [0.4, 0.5) is 0 Å². The molecule has 23 heavy (non-hydrogen) atoms. The largest absolute Gasteiger partial charge is 0.508 e. The number of aromatic hydroxyl groups is 1. The first kappa shape index (κ1) is 17.0. The molecule has 1 aromatic carbocycles. The van der Waals surface area contributed by atoms with Crippen molar-refractivity contribution in [1.82, 2.24) is 15.0 Å². The van der Waals surface area contributed by atoms with Crippen molar-refractivity contribution in [2.75, 3.05) is 11.5 Å². The van der Waals surface area contributed by atoms with Crippen LogP contribution in [0.25, 0.3) is 11.4 Å². The summed E-state index contributed by atoms with van der Waals surface area (Å²) in [5.41, 5.74) is 0.516. The molecule has 2 rings (SSSR count). The van der Waals surface area contributed by atoms with Gasteiger partial charge in [0, 0.05) is 5.56 Å². The quantitative estimate of drug-likeness (QED) is 0.630. The first-order chi connectivity index (χ1) is 10.9. The number of carboxylic acids is 2. The van der Waals surface area contributed by atoms with Crippen molar-refractivity contribution < 1.29 is 24.9 Å². The van der Waals surface area contributed by atoms with E-state index >= 15 is 0 Å². The third-order valence-corrected chi connectivity index (χ3v) is 4.01. The Hall–Kier alpha value is -2.33. The molecular weight excluding hydrogens is 342 g/mol. The van der Waals surface area contributed by atoms with E-state index in [1.165, 1.54) is 12.1 Å². The van der Waals surface area contributed by atoms with Gasteiger partial charge in [0.1, 0.15) is 5.75 Å². The third kappa shape index (κ3) is 5.42. The zero-order chi connectivity index (χ0) is 16.8. The van der Waals surface area contributed by atoms with Crippen molar-refractivity contribution in [2.24, 2.45) is 0 Å². The van der Waals surface area contributed by atoms with Gasteiger partial charge < -0.3 is 15.3 Å². The summed E-state index contributed by atoms with van der Waals surface area (Å²) >= 11 is 1.81. The molecule has 8 nitrogen and oxygen atoms in total. The molecule has 0 bridgehead atoms. The van der Waals surface area contributed by atoms with Crippen LogP contribution in [-0.4, -0.2) is 53.7 Å². The zero-order valence-electron chi connectivity index (χ0n) is 11.5. The van der Waals surface area contributed by atoms with Crippen molar-refractivity contribution in [3.63, 3.8) is 0 Å². The molecule has 10 heteroatoms. The number of carbonyl (C=O) groups is 2. The van der Waals surface area contributed by atoms with Crippen LogP contribution in [0.15, 0.2) is 34.6 Å². The highest BCUT2D eigenvalue weighted by Crippen LogP contribution is 2.25. The zero-order valence-corrected chi connectivity index (χ0v) is 13.2. The van der Waals surface area contributed by atoms with Crippen molar-refractivity contribution >= 4 is 35.5 Å². The van der Waals surface area contributed by atoms with E-state index in [0.29, 0.717) is 5.56 Å². The van der Waals surface area contributed by atoms with Gasteiger partial charge in [0.25, 0.3) is 0 Å². The monoisotopic (exact) mass is 353 g/mol. The molecule has 1 aromatic heterocycles. The second-order valence-corrected chi connectivity index (χ2v) is 6.02. The molecule has 0 unspecified atom stereocenters. The first-order valence-electron chi connectivity index (χ1n) is 6.18. The normalized spacial score (nSPS) is 10.4. The fourth-order valence-corrected chi connectivity index (χ4v) is 2.66. The molecule has 3 N–H and O–H groups in total. The van der Waals surface area contributed by atoms with Gasteiger partial charge in [-0.15, -0.1) is 0 Å². The summed E-state index contributed by atoms with van der Waals surface area (Å²) in [4.78, 5) is 33.7. The third-order valence-electron chi connectivity index (χ3n) is 2.35. The number of thioether (sulfide) groups is 2. The van der Waals surface area contributed by atoms with Gasteiger partial charge in [0.2, 0.25) is 0 Å². The van der Waals surface area contributed by atoms with Crippen LogP contribution in [0.5, 0.6) is 5.75 Å². The Bertz CT molecular complexity index is 705. The van der Waals surface area contributed by atoms with E-state index in [-0.39, 0.29) is 33.4 Å². The van der Waals surface area contributed by atoms with E-state index in [4.69, 9.17) is 10.2 Å². The van der Waals surface area contributed by atoms with Gasteiger partial charge >= 0.3 is 11.9 Å². The Labute approximate surface area is 139 Å². The average Bonchev–Trinajstić information content (AvgIpc) is 2.51. The second kappa shape index (κ2) is 7.79. The number of aromatic nitrogens is 3. The summed E-state index contributed by atoms with van der Waals surface area (Å²) in [5.74, 6) is -2.24. The topological polar surface area (TPSA) is 134 Å². The van der Waals surface area contributed by atoms with E-state index in [2.05, 4.69) is 15.0 Å². The smallest absolute Gasteiger partial charge is 0.313 e. The van der Waals surface area contributed by atoms with Crippen LogP contribution in [0.1, 0.15) is 0 Å². The summed E-state index contributed by atoms with van der Waals surface area (Å²) in [6.45, 7) is 0. The van der Waals surface area contributed by atoms with Crippen LogP contribution in [0.3, 0.4) is 0 Å². The predicted molar refractivity (Wildman–Crippen MR) is 83.6 cm³/mol. The van der Waals surface area contributed by atoms with Crippen LogP contribution in [0, 0.1) is 0 Å². The molecule has 0 amide bonds. The summed E-state index contributed by atoms with van der Waals surface area (Å²) < 4.78 is 0. The Balaban J connectivity index is 2.35. The van der Waals surface area contributed by atoms with Gasteiger partial charge in [0.05, 0.1) is 11.5 Å². The lowest BCUT2D eigenvalue weighted by molar-refractivity contribution is -0.134. The first-order valence-corrected chi connectivity index (χ1v) is 8.16. The molecule has 0 fully saturated rings. The highest BCUT2D eigenvalue weighted by Gasteiger charge is 2.12. The lowest BCUT2D eigenvalue weighted by Crippen LogP contribution is -2.04. The lowest BCUT2D eigenvalue weighted by atomic mass is 10.2. The van der Waals surface area contributed by atoms with Gasteiger partial charge in [-0.05, 0) is 12.1 Å². The fourth-order valence-electron chi connectivity index (χ4n) is 1.49. The maximum absolute atomic E-state index is 10.7. The molecule has 0 aliphatic heterocycles. The van der Waals surface area contributed by atoms with Crippen LogP contribution in [-0.2, 0) is 9.59 Å². The van der Waals surface area contributed by atoms with E-state index in [1.54, 1.807) is 12.1 Å². The minimum atomic E-state index is -1.02. The van der Waals surface area contributed by atoms with Crippen molar-refractivity contribution in [2.45, 2.75) is 10.3 Å². The van der Waals surface area contributed by atoms with Gasteiger partial charge in [0.15, 0.2) is 16.1 Å². The molecule has 0 aliphatic rings. The van der Waals surface area contributed by atoms with E-state index in [1.807, 2.05) is 0 Å². The predicted octanol–water partition coefficient (Wildman–Crippen LogP) is 1.60. The number of carboxylic acid groups (broad SMARTS) is 2. The van der Waals surface area contributed by atoms with Crippen molar-refractivity contribution in [3.8, 4) is 17.1 Å². The second-order valence-electron chi connectivity index (χ2n) is 4.14. The molecule has 2 aromatic rings. The molecular formula is C13H11N3O5S2. The fraction of sp³-hybridized carbons (Fsp3) is 0.154. The lowest BCUT2D eigenvalue weighted by Gasteiger charge is -2.06. The Morgan fingerprint density at radius 3 is 2.00 bits per heavy atom. The molecule has 120 valence electrons. The number of aliphatic carboxylic acids is 2. The summed E-state index contributed by atoms with van der Waals surface area (Å²) in [5, 5.41) is 27.3.